The number of carbonyl (C=O) groups excluding carboxylic acids is 2. The molecule has 0 aliphatic carbocycles. The molecule has 138 valence electrons. The number of Topliss-reactive ketones (excluding diaryl/α,β-unsaturated/α-hetero) is 1. The molecule has 0 saturated carbocycles. The first-order valence-corrected chi connectivity index (χ1v) is 9.47. The van der Waals surface area contributed by atoms with Crippen molar-refractivity contribution in [3.63, 3.8) is 0 Å². The number of benzene rings is 2. The zero-order valence-electron chi connectivity index (χ0n) is 15.2. The van der Waals surface area contributed by atoms with E-state index < -0.39 is 0 Å². The van der Waals surface area contributed by atoms with Gasteiger partial charge in [-0.2, -0.15) is 0 Å². The van der Waals surface area contributed by atoms with E-state index in [0.29, 0.717) is 22.8 Å². The third-order valence-corrected chi connectivity index (χ3v) is 5.06. The van der Waals surface area contributed by atoms with Gasteiger partial charge in [0.2, 0.25) is 5.91 Å². The molecule has 6 nitrogen and oxygen atoms in total. The number of thioether (sulfide) groups is 1. The molecule has 1 amide bonds. The van der Waals surface area contributed by atoms with Gasteiger partial charge < -0.3 is 9.88 Å². The SMILES string of the molecule is CC(=O)c1ccc(NC(=O)CSc2nnc(Cc3ccccc3)n2C)cc1. The van der Waals surface area contributed by atoms with Gasteiger partial charge >= 0.3 is 0 Å². The molecular weight excluding hydrogens is 360 g/mol. The van der Waals surface area contributed by atoms with Crippen LogP contribution in [0.4, 0.5) is 5.69 Å². The van der Waals surface area contributed by atoms with Gasteiger partial charge in [0.05, 0.1) is 5.75 Å². The quantitative estimate of drug-likeness (QED) is 0.502. The molecule has 3 rings (SSSR count). The van der Waals surface area contributed by atoms with Gasteiger partial charge in [0.25, 0.3) is 0 Å². The summed E-state index contributed by atoms with van der Waals surface area (Å²) in [5.74, 6) is 0.940. The molecule has 1 heterocycles. The van der Waals surface area contributed by atoms with Crippen molar-refractivity contribution in [2.24, 2.45) is 7.05 Å². The average Bonchev–Trinajstić information content (AvgIpc) is 3.01. The fourth-order valence-electron chi connectivity index (χ4n) is 2.52. The molecule has 2 aromatic carbocycles. The van der Waals surface area contributed by atoms with E-state index in [1.807, 2.05) is 41.9 Å². The van der Waals surface area contributed by atoms with Crippen molar-refractivity contribution < 1.29 is 9.59 Å². The molecule has 0 bridgehead atoms. The highest BCUT2D eigenvalue weighted by molar-refractivity contribution is 7.99. The fraction of sp³-hybridized carbons (Fsp3) is 0.200. The van der Waals surface area contributed by atoms with Gasteiger partial charge in [-0.1, -0.05) is 42.1 Å². The average molecular weight is 380 g/mol. The number of rotatable bonds is 7. The summed E-state index contributed by atoms with van der Waals surface area (Å²) in [6.07, 6.45) is 0.694. The zero-order chi connectivity index (χ0) is 19.2. The number of ketones is 1. The Morgan fingerprint density at radius 2 is 1.74 bits per heavy atom. The van der Waals surface area contributed by atoms with Crippen LogP contribution in [0.1, 0.15) is 28.7 Å². The summed E-state index contributed by atoms with van der Waals surface area (Å²) in [5.41, 5.74) is 2.44. The highest BCUT2D eigenvalue weighted by Crippen LogP contribution is 2.18. The summed E-state index contributed by atoms with van der Waals surface area (Å²) in [5, 5.41) is 11.9. The third kappa shape index (κ3) is 5.04. The van der Waals surface area contributed by atoms with Gasteiger partial charge in [-0.25, -0.2) is 0 Å². The number of amides is 1. The third-order valence-electron chi connectivity index (χ3n) is 4.04. The molecule has 0 radical (unpaired) electrons. The van der Waals surface area contributed by atoms with Crippen LogP contribution < -0.4 is 5.32 Å². The van der Waals surface area contributed by atoms with E-state index in [2.05, 4.69) is 15.5 Å². The van der Waals surface area contributed by atoms with Crippen LogP contribution in [0.15, 0.2) is 59.8 Å². The number of hydrogen-bond donors (Lipinski definition) is 1. The monoisotopic (exact) mass is 380 g/mol. The zero-order valence-corrected chi connectivity index (χ0v) is 16.0. The van der Waals surface area contributed by atoms with Gasteiger partial charge in [-0.15, -0.1) is 10.2 Å². The molecule has 0 aliphatic rings. The molecule has 0 unspecified atom stereocenters. The van der Waals surface area contributed by atoms with Gasteiger partial charge in [0, 0.05) is 24.7 Å². The Balaban J connectivity index is 1.55. The summed E-state index contributed by atoms with van der Waals surface area (Å²) >= 11 is 1.34. The van der Waals surface area contributed by atoms with Crippen molar-refractivity contribution in [3.8, 4) is 0 Å². The maximum absolute atomic E-state index is 12.2. The topological polar surface area (TPSA) is 76.9 Å². The van der Waals surface area contributed by atoms with Gasteiger partial charge in [-0.3, -0.25) is 9.59 Å². The van der Waals surface area contributed by atoms with Crippen LogP contribution in [-0.2, 0) is 18.3 Å². The minimum absolute atomic E-state index is 0.00276. The second kappa shape index (κ2) is 8.64. The van der Waals surface area contributed by atoms with Gasteiger partial charge in [0.1, 0.15) is 5.82 Å². The molecule has 1 N–H and O–H groups in total. The Morgan fingerprint density at radius 1 is 1.04 bits per heavy atom. The van der Waals surface area contributed by atoms with Crippen LogP contribution in [0.3, 0.4) is 0 Å². The van der Waals surface area contributed by atoms with Crippen molar-refractivity contribution in [2.75, 3.05) is 11.1 Å². The Kier molecular flexibility index (Phi) is 6.03. The van der Waals surface area contributed by atoms with Crippen LogP contribution in [-0.4, -0.2) is 32.2 Å². The lowest BCUT2D eigenvalue weighted by Gasteiger charge is -2.06. The van der Waals surface area contributed by atoms with E-state index >= 15 is 0 Å². The summed E-state index contributed by atoms with van der Waals surface area (Å²) in [4.78, 5) is 23.4. The van der Waals surface area contributed by atoms with Gasteiger partial charge in [0.15, 0.2) is 10.9 Å². The second-order valence-electron chi connectivity index (χ2n) is 6.09. The number of carbonyl (C=O) groups is 2. The standard InChI is InChI=1S/C20H20N4O2S/c1-14(25)16-8-10-17(11-9-16)21-19(26)13-27-20-23-22-18(24(20)2)12-15-6-4-3-5-7-15/h3-11H,12-13H2,1-2H3,(H,21,26). The Bertz CT molecular complexity index is 936. The Morgan fingerprint density at radius 3 is 2.41 bits per heavy atom. The maximum Gasteiger partial charge on any atom is 0.234 e. The Hall–Kier alpha value is -2.93. The largest absolute Gasteiger partial charge is 0.325 e. The fourth-order valence-corrected chi connectivity index (χ4v) is 3.25. The van der Waals surface area contributed by atoms with E-state index in [0.717, 1.165) is 11.4 Å². The minimum atomic E-state index is -0.136. The van der Waals surface area contributed by atoms with E-state index in [1.54, 1.807) is 24.3 Å². The van der Waals surface area contributed by atoms with E-state index in [-0.39, 0.29) is 17.4 Å². The molecule has 0 saturated heterocycles. The number of anilines is 1. The van der Waals surface area contributed by atoms with Crippen molar-refractivity contribution in [1.82, 2.24) is 14.8 Å². The van der Waals surface area contributed by atoms with Crippen LogP contribution in [0.2, 0.25) is 0 Å². The first kappa shape index (κ1) is 18.8. The summed E-state index contributed by atoms with van der Waals surface area (Å²) in [7, 11) is 1.90. The number of aromatic nitrogens is 3. The number of hydrogen-bond acceptors (Lipinski definition) is 5. The van der Waals surface area contributed by atoms with Crippen molar-refractivity contribution in [1.29, 1.82) is 0 Å². The van der Waals surface area contributed by atoms with Crippen molar-refractivity contribution in [3.05, 3.63) is 71.5 Å². The molecular formula is C20H20N4O2S. The highest BCUT2D eigenvalue weighted by Gasteiger charge is 2.12. The van der Waals surface area contributed by atoms with E-state index in [9.17, 15) is 9.59 Å². The van der Waals surface area contributed by atoms with Crippen molar-refractivity contribution in [2.45, 2.75) is 18.5 Å². The summed E-state index contributed by atoms with van der Waals surface area (Å²) < 4.78 is 1.91. The molecule has 3 aromatic rings. The van der Waals surface area contributed by atoms with Crippen LogP contribution in [0.25, 0.3) is 0 Å². The minimum Gasteiger partial charge on any atom is -0.325 e. The van der Waals surface area contributed by atoms with Crippen LogP contribution >= 0.6 is 11.8 Å². The lowest BCUT2D eigenvalue weighted by atomic mass is 10.1. The summed E-state index contributed by atoms with van der Waals surface area (Å²) in [6, 6.07) is 16.9. The number of nitrogens with zero attached hydrogens (tertiary/aromatic N) is 3. The normalized spacial score (nSPS) is 10.6. The molecule has 0 fully saturated rings. The summed E-state index contributed by atoms with van der Waals surface area (Å²) in [6.45, 7) is 1.51. The predicted octanol–water partition coefficient (Wildman–Crippen LogP) is 3.34. The molecule has 0 aliphatic heterocycles. The molecule has 7 heteroatoms. The Labute approximate surface area is 162 Å². The van der Waals surface area contributed by atoms with Crippen LogP contribution in [0.5, 0.6) is 0 Å². The van der Waals surface area contributed by atoms with Gasteiger partial charge in [-0.05, 0) is 36.8 Å². The molecule has 1 aromatic heterocycles. The number of nitrogens with one attached hydrogen (secondary N) is 1. The van der Waals surface area contributed by atoms with Crippen molar-refractivity contribution >= 4 is 29.1 Å². The van der Waals surface area contributed by atoms with E-state index in [4.69, 9.17) is 0 Å². The molecule has 27 heavy (non-hydrogen) atoms. The van der Waals surface area contributed by atoms with Crippen LogP contribution in [0, 0.1) is 0 Å². The first-order valence-electron chi connectivity index (χ1n) is 8.49. The highest BCUT2D eigenvalue weighted by atomic mass is 32.2. The smallest absolute Gasteiger partial charge is 0.234 e. The van der Waals surface area contributed by atoms with E-state index in [1.165, 1.54) is 18.7 Å². The predicted molar refractivity (Wildman–Crippen MR) is 106 cm³/mol. The molecule has 0 spiro atoms. The molecule has 0 atom stereocenters. The lowest BCUT2D eigenvalue weighted by molar-refractivity contribution is -0.113. The lowest BCUT2D eigenvalue weighted by Crippen LogP contribution is -2.14. The first-order chi connectivity index (χ1) is 13.0. The second-order valence-corrected chi connectivity index (χ2v) is 7.03. The maximum atomic E-state index is 12.2.